The molecule has 1 aliphatic heterocycles. The van der Waals surface area contributed by atoms with Gasteiger partial charge in [0.1, 0.15) is 10.9 Å². The van der Waals surface area contributed by atoms with Crippen LogP contribution in [0, 0.1) is 0 Å². The minimum atomic E-state index is -0.477. The number of pyridine rings is 1. The van der Waals surface area contributed by atoms with Crippen LogP contribution in [0.1, 0.15) is 37.3 Å². The van der Waals surface area contributed by atoms with E-state index in [1.807, 2.05) is 24.3 Å². The number of likely N-dealkylation sites (tertiary alicyclic amines) is 1. The lowest BCUT2D eigenvalue weighted by atomic mass is 9.99. The molecule has 3 heterocycles. The highest BCUT2D eigenvalue weighted by atomic mass is 35.5. The summed E-state index contributed by atoms with van der Waals surface area (Å²) in [6.07, 6.45) is 2.36. The van der Waals surface area contributed by atoms with Crippen molar-refractivity contribution in [3.63, 3.8) is 0 Å². The molecule has 2 N–H and O–H groups in total. The summed E-state index contributed by atoms with van der Waals surface area (Å²) in [5.41, 5.74) is 2.70. The number of rotatable bonds is 9. The Morgan fingerprint density at radius 2 is 2.03 bits per heavy atom. The Balaban J connectivity index is 1.22. The normalized spacial score (nSPS) is 17.8. The molecular weight excluding hydrogens is 492 g/mol. The maximum atomic E-state index is 11.2. The number of hydrogen-bond donors (Lipinski definition) is 2. The molecule has 4 aromatic rings. The van der Waals surface area contributed by atoms with Crippen molar-refractivity contribution in [2.24, 2.45) is 0 Å². The molecule has 2 aromatic carbocycles. The van der Waals surface area contributed by atoms with Gasteiger partial charge in [-0.25, -0.2) is 9.97 Å². The SMILES string of the molecule is COc1ccc2nc(Cl)c(CN3CCCC3C(O)CNC(C)(C)Cc3nc4ccccc4s3)cc2c1. The van der Waals surface area contributed by atoms with Gasteiger partial charge in [0.2, 0.25) is 0 Å². The quantitative estimate of drug-likeness (QED) is 0.284. The predicted octanol–water partition coefficient (Wildman–Crippen LogP) is 5.44. The molecule has 190 valence electrons. The van der Waals surface area contributed by atoms with Crippen LogP contribution in [-0.2, 0) is 13.0 Å². The number of para-hydroxylation sites is 1. The molecule has 0 amide bonds. The van der Waals surface area contributed by atoms with Crippen LogP contribution in [0.5, 0.6) is 5.75 Å². The molecule has 0 spiro atoms. The molecule has 6 nitrogen and oxygen atoms in total. The third-order valence-corrected chi connectivity index (χ3v) is 8.36. The first kappa shape index (κ1) is 25.4. The molecule has 1 saturated heterocycles. The van der Waals surface area contributed by atoms with Gasteiger partial charge < -0.3 is 15.2 Å². The molecule has 0 radical (unpaired) electrons. The maximum Gasteiger partial charge on any atom is 0.134 e. The average Bonchev–Trinajstić information content (AvgIpc) is 3.48. The van der Waals surface area contributed by atoms with E-state index >= 15 is 0 Å². The summed E-state index contributed by atoms with van der Waals surface area (Å²) in [6, 6.07) is 16.2. The van der Waals surface area contributed by atoms with Crippen molar-refractivity contribution in [1.29, 1.82) is 0 Å². The molecule has 5 rings (SSSR count). The van der Waals surface area contributed by atoms with E-state index in [-0.39, 0.29) is 11.6 Å². The van der Waals surface area contributed by atoms with Gasteiger partial charge in [0, 0.05) is 42.0 Å². The molecule has 36 heavy (non-hydrogen) atoms. The Bertz CT molecular complexity index is 1330. The fourth-order valence-electron chi connectivity index (χ4n) is 5.07. The summed E-state index contributed by atoms with van der Waals surface area (Å²) in [6.45, 7) is 6.47. The second-order valence-electron chi connectivity index (χ2n) is 10.3. The fourth-order valence-corrected chi connectivity index (χ4v) is 6.47. The predicted molar refractivity (Wildman–Crippen MR) is 148 cm³/mol. The standard InChI is InChI=1S/C28H33ClN4O2S/c1-28(2,15-26-31-22-7-4-5-9-25(22)36-26)30-16-24(34)23-8-6-12-33(23)17-19-13-18-14-20(35-3)10-11-21(18)32-27(19)29/h4-5,7,9-11,13-14,23-24,30,34H,6,8,12,15-17H2,1-3H3. The first-order chi connectivity index (χ1) is 17.3. The van der Waals surface area contributed by atoms with Crippen LogP contribution in [0.25, 0.3) is 21.1 Å². The van der Waals surface area contributed by atoms with Gasteiger partial charge in [-0.3, -0.25) is 4.90 Å². The highest BCUT2D eigenvalue weighted by molar-refractivity contribution is 7.18. The lowest BCUT2D eigenvalue weighted by Gasteiger charge is -2.32. The Kier molecular flexibility index (Phi) is 7.47. The number of aliphatic hydroxyl groups is 1. The minimum Gasteiger partial charge on any atom is -0.497 e. The van der Waals surface area contributed by atoms with Gasteiger partial charge in [-0.1, -0.05) is 23.7 Å². The van der Waals surface area contributed by atoms with Crippen molar-refractivity contribution in [2.75, 3.05) is 20.2 Å². The van der Waals surface area contributed by atoms with E-state index < -0.39 is 6.10 Å². The average molecular weight is 525 g/mol. The third kappa shape index (κ3) is 5.66. The van der Waals surface area contributed by atoms with Crippen LogP contribution in [0.15, 0.2) is 48.5 Å². The van der Waals surface area contributed by atoms with E-state index in [1.54, 1.807) is 18.4 Å². The number of ether oxygens (including phenoxy) is 1. The first-order valence-corrected chi connectivity index (χ1v) is 13.7. The zero-order valence-corrected chi connectivity index (χ0v) is 22.6. The van der Waals surface area contributed by atoms with Crippen LogP contribution >= 0.6 is 22.9 Å². The lowest BCUT2D eigenvalue weighted by Crippen LogP contribution is -2.50. The number of β-amino-alcohol motifs (C(OH)–C–C–N with tert-alkyl or cyclic N) is 1. The summed E-state index contributed by atoms with van der Waals surface area (Å²) < 4.78 is 6.58. The fraction of sp³-hybridized carbons (Fsp3) is 0.429. The number of aliphatic hydroxyl groups excluding tert-OH is 1. The Morgan fingerprint density at radius 3 is 2.83 bits per heavy atom. The molecule has 2 aromatic heterocycles. The van der Waals surface area contributed by atoms with Crippen LogP contribution in [-0.4, -0.2) is 57.9 Å². The van der Waals surface area contributed by atoms with Crippen molar-refractivity contribution in [2.45, 2.75) is 57.3 Å². The van der Waals surface area contributed by atoms with Crippen molar-refractivity contribution in [3.8, 4) is 5.75 Å². The second-order valence-corrected chi connectivity index (χ2v) is 11.7. The van der Waals surface area contributed by atoms with Crippen molar-refractivity contribution in [3.05, 3.63) is 64.3 Å². The van der Waals surface area contributed by atoms with E-state index in [0.29, 0.717) is 18.2 Å². The molecular formula is C28H33ClN4O2S. The molecule has 2 unspecified atom stereocenters. The summed E-state index contributed by atoms with van der Waals surface area (Å²) in [4.78, 5) is 11.7. The molecule has 0 saturated carbocycles. The van der Waals surface area contributed by atoms with Crippen LogP contribution in [0.2, 0.25) is 5.15 Å². The van der Waals surface area contributed by atoms with Gasteiger partial charge in [0.05, 0.1) is 34.0 Å². The molecule has 0 aliphatic carbocycles. The highest BCUT2D eigenvalue weighted by Gasteiger charge is 2.32. The van der Waals surface area contributed by atoms with Crippen LogP contribution in [0.3, 0.4) is 0 Å². The molecule has 1 aliphatic rings. The number of fused-ring (bicyclic) bond motifs is 2. The first-order valence-electron chi connectivity index (χ1n) is 12.5. The summed E-state index contributed by atoms with van der Waals surface area (Å²) in [5, 5.41) is 17.4. The maximum absolute atomic E-state index is 11.2. The van der Waals surface area contributed by atoms with Gasteiger partial charge in [0.15, 0.2) is 0 Å². The monoisotopic (exact) mass is 524 g/mol. The molecule has 2 atom stereocenters. The second kappa shape index (κ2) is 10.6. The Labute approximate surface area is 221 Å². The van der Waals surface area contributed by atoms with Crippen LogP contribution < -0.4 is 10.1 Å². The minimum absolute atomic E-state index is 0.0767. The van der Waals surface area contributed by atoms with Gasteiger partial charge >= 0.3 is 0 Å². The Morgan fingerprint density at radius 1 is 1.19 bits per heavy atom. The molecule has 0 bridgehead atoms. The van der Waals surface area contributed by atoms with Crippen LogP contribution in [0.4, 0.5) is 0 Å². The summed E-state index contributed by atoms with van der Waals surface area (Å²) in [7, 11) is 1.66. The van der Waals surface area contributed by atoms with Gasteiger partial charge in [0.25, 0.3) is 0 Å². The van der Waals surface area contributed by atoms with Gasteiger partial charge in [-0.15, -0.1) is 11.3 Å². The Hall–Kier alpha value is -2.29. The number of halogens is 1. The zero-order valence-electron chi connectivity index (χ0n) is 21.0. The third-order valence-electron chi connectivity index (χ3n) is 7.00. The number of benzene rings is 2. The van der Waals surface area contributed by atoms with E-state index in [2.05, 4.69) is 53.3 Å². The smallest absolute Gasteiger partial charge is 0.134 e. The van der Waals surface area contributed by atoms with Crippen molar-refractivity contribution >= 4 is 44.1 Å². The van der Waals surface area contributed by atoms with Gasteiger partial charge in [-0.05, 0) is 69.6 Å². The summed E-state index contributed by atoms with van der Waals surface area (Å²) >= 11 is 8.30. The topological polar surface area (TPSA) is 70.5 Å². The van der Waals surface area contributed by atoms with Gasteiger partial charge in [-0.2, -0.15) is 0 Å². The zero-order chi connectivity index (χ0) is 25.3. The number of aromatic nitrogens is 2. The number of nitrogens with zero attached hydrogens (tertiary/aromatic N) is 3. The number of nitrogens with one attached hydrogen (secondary N) is 1. The number of thiazole rings is 1. The van der Waals surface area contributed by atoms with E-state index in [1.165, 1.54) is 4.70 Å². The van der Waals surface area contributed by atoms with E-state index in [0.717, 1.165) is 58.5 Å². The van der Waals surface area contributed by atoms with E-state index in [4.69, 9.17) is 21.3 Å². The summed E-state index contributed by atoms with van der Waals surface area (Å²) in [5.74, 6) is 0.798. The molecule has 8 heteroatoms. The van der Waals surface area contributed by atoms with Crippen molar-refractivity contribution in [1.82, 2.24) is 20.2 Å². The largest absolute Gasteiger partial charge is 0.497 e. The number of methoxy groups -OCH3 is 1. The van der Waals surface area contributed by atoms with E-state index in [9.17, 15) is 5.11 Å². The number of hydrogen-bond acceptors (Lipinski definition) is 7. The highest BCUT2D eigenvalue weighted by Crippen LogP contribution is 2.29. The van der Waals surface area contributed by atoms with Crippen molar-refractivity contribution < 1.29 is 9.84 Å². The lowest BCUT2D eigenvalue weighted by molar-refractivity contribution is 0.0633. The molecule has 1 fully saturated rings.